The van der Waals surface area contributed by atoms with Crippen LogP contribution in [0, 0.1) is 11.7 Å². The molecule has 1 aromatic rings. The fraction of sp³-hybridized carbons (Fsp3) is 0.600. The maximum atomic E-state index is 14.6. The molecular weight excluding hydrogens is 381 g/mol. The van der Waals surface area contributed by atoms with Crippen LogP contribution in [0.4, 0.5) is 20.6 Å². The van der Waals surface area contributed by atoms with Crippen molar-refractivity contribution in [2.45, 2.75) is 31.8 Å². The Morgan fingerprint density at radius 2 is 1.97 bits per heavy atom. The number of benzene rings is 1. The maximum absolute atomic E-state index is 14.6. The van der Waals surface area contributed by atoms with Gasteiger partial charge in [0.15, 0.2) is 0 Å². The van der Waals surface area contributed by atoms with Crippen molar-refractivity contribution in [1.82, 2.24) is 5.06 Å². The van der Waals surface area contributed by atoms with Crippen LogP contribution in [0.5, 0.6) is 0 Å². The Labute approximate surface area is 168 Å². The lowest BCUT2D eigenvalue weighted by atomic mass is 10.1. The highest BCUT2D eigenvalue weighted by Gasteiger charge is 2.36. The van der Waals surface area contributed by atoms with Gasteiger partial charge in [-0.1, -0.05) is 12.8 Å². The van der Waals surface area contributed by atoms with Gasteiger partial charge in [0, 0.05) is 19.0 Å². The van der Waals surface area contributed by atoms with E-state index in [0.29, 0.717) is 42.7 Å². The Balaban J connectivity index is 1.38. The summed E-state index contributed by atoms with van der Waals surface area (Å²) < 4.78 is 25.2. The van der Waals surface area contributed by atoms with Crippen molar-refractivity contribution >= 4 is 23.4 Å². The number of carbonyl (C=O) groups is 2. The third kappa shape index (κ3) is 4.30. The van der Waals surface area contributed by atoms with Crippen LogP contribution in [0.3, 0.4) is 0 Å². The summed E-state index contributed by atoms with van der Waals surface area (Å²) in [4.78, 5) is 27.7. The van der Waals surface area contributed by atoms with E-state index < -0.39 is 18.0 Å². The first-order chi connectivity index (χ1) is 14.0. The van der Waals surface area contributed by atoms with Crippen molar-refractivity contribution in [3.63, 3.8) is 0 Å². The molecule has 0 bridgehead atoms. The van der Waals surface area contributed by atoms with Crippen molar-refractivity contribution in [2.24, 2.45) is 5.92 Å². The number of halogens is 1. The Kier molecular flexibility index (Phi) is 5.86. The zero-order valence-corrected chi connectivity index (χ0v) is 16.3. The van der Waals surface area contributed by atoms with Gasteiger partial charge in [0.2, 0.25) is 5.91 Å². The van der Waals surface area contributed by atoms with Crippen molar-refractivity contribution in [3.8, 4) is 0 Å². The molecule has 3 fully saturated rings. The average Bonchev–Trinajstić information content (AvgIpc) is 3.38. The van der Waals surface area contributed by atoms with Gasteiger partial charge in [-0.2, -0.15) is 0 Å². The summed E-state index contributed by atoms with van der Waals surface area (Å²) in [6, 6.07) is 4.64. The van der Waals surface area contributed by atoms with Crippen LogP contribution in [0.1, 0.15) is 25.7 Å². The van der Waals surface area contributed by atoms with Gasteiger partial charge in [0.1, 0.15) is 11.9 Å². The maximum Gasteiger partial charge on any atom is 0.414 e. The molecule has 0 spiro atoms. The smallest absolute Gasteiger partial charge is 0.414 e. The number of amides is 2. The predicted octanol–water partition coefficient (Wildman–Crippen LogP) is 2.40. The number of nitrogens with zero attached hydrogens (tertiary/aromatic N) is 3. The van der Waals surface area contributed by atoms with Crippen LogP contribution in [-0.2, 0) is 14.3 Å². The Morgan fingerprint density at radius 1 is 1.24 bits per heavy atom. The quantitative estimate of drug-likeness (QED) is 0.596. The second kappa shape index (κ2) is 8.54. The molecular formula is C20H26FN3O5. The molecule has 1 N–H and O–H groups in total. The molecule has 0 unspecified atom stereocenters. The third-order valence-corrected chi connectivity index (χ3v) is 5.80. The molecule has 29 heavy (non-hydrogen) atoms. The fourth-order valence-corrected chi connectivity index (χ4v) is 4.22. The average molecular weight is 407 g/mol. The first kappa shape index (κ1) is 19.9. The molecule has 1 aromatic carbocycles. The van der Waals surface area contributed by atoms with Crippen LogP contribution in [-0.4, -0.2) is 67.8 Å². The number of hydroxylamine groups is 2. The van der Waals surface area contributed by atoms with Crippen molar-refractivity contribution < 1.29 is 28.7 Å². The van der Waals surface area contributed by atoms with Gasteiger partial charge in [0.05, 0.1) is 37.7 Å². The van der Waals surface area contributed by atoms with Crippen LogP contribution >= 0.6 is 0 Å². The van der Waals surface area contributed by atoms with E-state index in [9.17, 15) is 19.2 Å². The van der Waals surface area contributed by atoms with Gasteiger partial charge < -0.3 is 14.4 Å². The van der Waals surface area contributed by atoms with Gasteiger partial charge in [-0.05, 0) is 31.0 Å². The largest absolute Gasteiger partial charge is 0.442 e. The zero-order valence-electron chi connectivity index (χ0n) is 16.3. The predicted molar refractivity (Wildman–Crippen MR) is 103 cm³/mol. The SMILES string of the molecule is O=C(C1CCCC1)N(O)C[C@H]1CN(c2ccc(N3CCOCC3)c(F)c2)C(=O)O1. The molecule has 0 aromatic heterocycles. The van der Waals surface area contributed by atoms with E-state index in [1.165, 1.54) is 11.0 Å². The second-order valence-corrected chi connectivity index (χ2v) is 7.75. The summed E-state index contributed by atoms with van der Waals surface area (Å²) in [6.07, 6.45) is 2.25. The molecule has 2 aliphatic heterocycles. The molecule has 1 saturated carbocycles. The molecule has 3 aliphatic rings. The number of cyclic esters (lactones) is 1. The van der Waals surface area contributed by atoms with Crippen LogP contribution in [0.15, 0.2) is 18.2 Å². The number of hydrogen-bond donors (Lipinski definition) is 1. The highest BCUT2D eigenvalue weighted by atomic mass is 19.1. The van der Waals surface area contributed by atoms with Crippen LogP contribution in [0.25, 0.3) is 0 Å². The topological polar surface area (TPSA) is 82.6 Å². The monoisotopic (exact) mass is 407 g/mol. The summed E-state index contributed by atoms with van der Waals surface area (Å²) in [7, 11) is 0. The second-order valence-electron chi connectivity index (χ2n) is 7.75. The molecule has 1 aliphatic carbocycles. The Bertz CT molecular complexity index is 764. The number of hydrogen-bond acceptors (Lipinski definition) is 6. The van der Waals surface area contributed by atoms with E-state index in [0.717, 1.165) is 25.7 Å². The number of rotatable bonds is 5. The zero-order chi connectivity index (χ0) is 20.4. The normalized spacial score (nSPS) is 22.8. The van der Waals surface area contributed by atoms with Crippen molar-refractivity contribution in [2.75, 3.05) is 49.2 Å². The molecule has 0 radical (unpaired) electrons. The molecule has 1 atom stereocenters. The Morgan fingerprint density at radius 3 is 2.66 bits per heavy atom. The third-order valence-electron chi connectivity index (χ3n) is 5.80. The lowest BCUT2D eigenvalue weighted by molar-refractivity contribution is -0.174. The summed E-state index contributed by atoms with van der Waals surface area (Å²) in [5.41, 5.74) is 0.864. The van der Waals surface area contributed by atoms with Gasteiger partial charge in [-0.3, -0.25) is 14.9 Å². The van der Waals surface area contributed by atoms with E-state index in [4.69, 9.17) is 9.47 Å². The molecule has 8 nitrogen and oxygen atoms in total. The summed E-state index contributed by atoms with van der Waals surface area (Å²) >= 11 is 0. The van der Waals surface area contributed by atoms with Crippen molar-refractivity contribution in [3.05, 3.63) is 24.0 Å². The lowest BCUT2D eigenvalue weighted by Crippen LogP contribution is -2.39. The van der Waals surface area contributed by atoms with Gasteiger partial charge in [0.25, 0.3) is 0 Å². The van der Waals surface area contributed by atoms with Crippen LogP contribution < -0.4 is 9.80 Å². The molecule has 158 valence electrons. The number of carbonyl (C=O) groups excluding carboxylic acids is 2. The summed E-state index contributed by atoms with van der Waals surface area (Å²) in [5.74, 6) is -0.895. The molecule has 4 rings (SSSR count). The van der Waals surface area contributed by atoms with Gasteiger partial charge in [-0.25, -0.2) is 14.2 Å². The molecule has 2 amide bonds. The Hall–Kier alpha value is -2.39. The minimum atomic E-state index is -0.667. The van der Waals surface area contributed by atoms with E-state index in [1.807, 2.05) is 4.90 Å². The standard InChI is InChI=1S/C20H26FN3O5/c21-17-11-15(5-6-18(17)22-7-9-28-10-8-22)23-12-16(29-20(23)26)13-24(27)19(25)14-3-1-2-4-14/h5-6,11,14,16,27H,1-4,7-10,12-13H2/t16-/m1/s1. The highest BCUT2D eigenvalue weighted by molar-refractivity contribution is 5.90. The van der Waals surface area contributed by atoms with Gasteiger partial charge >= 0.3 is 6.09 Å². The highest BCUT2D eigenvalue weighted by Crippen LogP contribution is 2.29. The number of morpholine rings is 1. The minimum Gasteiger partial charge on any atom is -0.442 e. The van der Waals surface area contributed by atoms with E-state index in [1.54, 1.807) is 12.1 Å². The molecule has 2 heterocycles. The minimum absolute atomic E-state index is 0.0914. The van der Waals surface area contributed by atoms with E-state index in [2.05, 4.69) is 0 Å². The van der Waals surface area contributed by atoms with E-state index in [-0.39, 0.29) is 24.9 Å². The first-order valence-corrected chi connectivity index (χ1v) is 10.1. The van der Waals surface area contributed by atoms with E-state index >= 15 is 0 Å². The summed E-state index contributed by atoms with van der Waals surface area (Å²) in [5, 5.41) is 10.8. The van der Waals surface area contributed by atoms with Crippen LogP contribution in [0.2, 0.25) is 0 Å². The first-order valence-electron chi connectivity index (χ1n) is 10.1. The molecule has 2 saturated heterocycles. The molecule has 9 heteroatoms. The van der Waals surface area contributed by atoms with Crippen molar-refractivity contribution in [1.29, 1.82) is 0 Å². The number of ether oxygens (including phenoxy) is 2. The lowest BCUT2D eigenvalue weighted by Gasteiger charge is -2.29. The number of anilines is 2. The summed E-state index contributed by atoms with van der Waals surface area (Å²) in [6.45, 7) is 2.39. The van der Waals surface area contributed by atoms with Gasteiger partial charge in [-0.15, -0.1) is 0 Å². The fourth-order valence-electron chi connectivity index (χ4n) is 4.22.